The summed E-state index contributed by atoms with van der Waals surface area (Å²) in [4.78, 5) is 24.7. The number of carbonyl (C=O) groups is 2. The number of fused-ring (bicyclic) bond motifs is 6. The van der Waals surface area contributed by atoms with Crippen molar-refractivity contribution < 1.29 is 14.3 Å². The van der Waals surface area contributed by atoms with Crippen molar-refractivity contribution in [1.29, 1.82) is 0 Å². The van der Waals surface area contributed by atoms with Crippen LogP contribution >= 0.6 is 0 Å². The molecular weight excluding hydrogens is 288 g/mol. The number of hydrogen-bond acceptors (Lipinski definition) is 3. The number of allylic oxidation sites excluding steroid dienone is 1. The first kappa shape index (κ1) is 14.4. The quantitative estimate of drug-likeness (QED) is 0.643. The zero-order valence-corrected chi connectivity index (χ0v) is 14.2. The molecule has 5 rings (SSSR count). The van der Waals surface area contributed by atoms with Crippen LogP contribution in [0.2, 0.25) is 0 Å². The third-order valence-corrected chi connectivity index (χ3v) is 8.57. The molecule has 1 heterocycles. The first-order chi connectivity index (χ1) is 10.9. The molecule has 1 saturated heterocycles. The van der Waals surface area contributed by atoms with E-state index in [9.17, 15) is 9.59 Å². The second-order valence-electron chi connectivity index (χ2n) is 9.22. The fourth-order valence-electron chi connectivity index (χ4n) is 7.04. The Kier molecular flexibility index (Phi) is 2.61. The minimum Gasteiger partial charge on any atom is -0.369 e. The molecule has 4 aliphatic carbocycles. The van der Waals surface area contributed by atoms with Gasteiger partial charge in [-0.25, -0.2) is 0 Å². The van der Waals surface area contributed by atoms with Crippen molar-refractivity contribution in [3.05, 3.63) is 11.6 Å². The van der Waals surface area contributed by atoms with Gasteiger partial charge in [-0.15, -0.1) is 0 Å². The molecule has 5 aliphatic rings. The number of ketones is 2. The number of rotatable bonds is 0. The number of hydrogen-bond donors (Lipinski definition) is 0. The van der Waals surface area contributed by atoms with E-state index >= 15 is 0 Å². The molecule has 23 heavy (non-hydrogen) atoms. The minimum absolute atomic E-state index is 0.0601. The lowest BCUT2D eigenvalue weighted by atomic mass is 9.46. The summed E-state index contributed by atoms with van der Waals surface area (Å²) in [7, 11) is 0. The van der Waals surface area contributed by atoms with Gasteiger partial charge in [-0.3, -0.25) is 9.59 Å². The largest absolute Gasteiger partial charge is 0.369 e. The topological polar surface area (TPSA) is 46.7 Å². The van der Waals surface area contributed by atoms with Gasteiger partial charge in [-0.1, -0.05) is 13.8 Å². The highest BCUT2D eigenvalue weighted by atomic mass is 16.6. The Labute approximate surface area is 137 Å². The first-order valence-corrected chi connectivity index (χ1v) is 9.32. The average molecular weight is 314 g/mol. The second kappa shape index (κ2) is 4.17. The van der Waals surface area contributed by atoms with Crippen LogP contribution in [0.4, 0.5) is 0 Å². The average Bonchev–Trinajstić information content (AvgIpc) is 3.23. The lowest BCUT2D eigenvalue weighted by Crippen LogP contribution is -2.54. The Balaban J connectivity index is 1.56. The Bertz CT molecular complexity index is 643. The summed E-state index contributed by atoms with van der Waals surface area (Å²) < 4.78 is 5.94. The molecule has 3 heteroatoms. The molecule has 1 spiro atoms. The van der Waals surface area contributed by atoms with E-state index in [0.717, 1.165) is 18.6 Å². The van der Waals surface area contributed by atoms with Crippen LogP contribution in [0.1, 0.15) is 58.8 Å². The fraction of sp³-hybridized carbons (Fsp3) is 0.800. The van der Waals surface area contributed by atoms with Gasteiger partial charge in [0.2, 0.25) is 0 Å². The van der Waals surface area contributed by atoms with E-state index in [0.29, 0.717) is 30.6 Å². The first-order valence-electron chi connectivity index (χ1n) is 9.32. The zero-order valence-electron chi connectivity index (χ0n) is 14.2. The highest BCUT2D eigenvalue weighted by molar-refractivity contribution is 6.05. The van der Waals surface area contributed by atoms with Crippen molar-refractivity contribution in [2.45, 2.75) is 64.4 Å². The number of ether oxygens (including phenoxy) is 1. The summed E-state index contributed by atoms with van der Waals surface area (Å²) in [5.74, 6) is 2.11. The molecular formula is C20H26O3. The lowest BCUT2D eigenvalue weighted by molar-refractivity contribution is -0.131. The molecule has 3 nitrogen and oxygen atoms in total. The maximum absolute atomic E-state index is 12.9. The van der Waals surface area contributed by atoms with Gasteiger partial charge in [0.05, 0.1) is 12.2 Å². The molecule has 0 aromatic carbocycles. The van der Waals surface area contributed by atoms with Crippen molar-refractivity contribution in [2.75, 3.05) is 6.61 Å². The van der Waals surface area contributed by atoms with E-state index < -0.39 is 0 Å². The van der Waals surface area contributed by atoms with Gasteiger partial charge < -0.3 is 4.74 Å². The molecule has 3 saturated carbocycles. The minimum atomic E-state index is -0.0601. The summed E-state index contributed by atoms with van der Waals surface area (Å²) in [6.45, 7) is 5.62. The zero-order chi connectivity index (χ0) is 16.0. The van der Waals surface area contributed by atoms with Crippen molar-refractivity contribution in [3.63, 3.8) is 0 Å². The van der Waals surface area contributed by atoms with Crippen LogP contribution in [0, 0.1) is 28.6 Å². The van der Waals surface area contributed by atoms with Crippen LogP contribution in [0.5, 0.6) is 0 Å². The Morgan fingerprint density at radius 1 is 1.09 bits per heavy atom. The van der Waals surface area contributed by atoms with E-state index in [1.807, 2.05) is 0 Å². The summed E-state index contributed by atoms with van der Waals surface area (Å²) in [5, 5.41) is 0. The third kappa shape index (κ3) is 1.60. The highest BCUT2D eigenvalue weighted by Gasteiger charge is 2.70. The van der Waals surface area contributed by atoms with Gasteiger partial charge in [0.1, 0.15) is 0 Å². The van der Waals surface area contributed by atoms with Gasteiger partial charge in [0.25, 0.3) is 0 Å². The van der Waals surface area contributed by atoms with Crippen molar-refractivity contribution in [2.24, 2.45) is 28.6 Å². The van der Waals surface area contributed by atoms with Gasteiger partial charge in [-0.05, 0) is 61.3 Å². The SMILES string of the molecule is C[C@]12CCC(=O)C=C1C(=O)CC1C2CC[C@@]2(C)C1CC[C@@]21CO1. The third-order valence-electron chi connectivity index (χ3n) is 8.57. The fourth-order valence-corrected chi connectivity index (χ4v) is 7.04. The molecule has 0 amide bonds. The summed E-state index contributed by atoms with van der Waals surface area (Å²) in [6.07, 6.45) is 8.66. The molecule has 4 fully saturated rings. The predicted octanol–water partition coefficient (Wildman–Crippen LogP) is 3.47. The van der Waals surface area contributed by atoms with E-state index in [4.69, 9.17) is 4.74 Å². The molecule has 124 valence electrons. The highest BCUT2D eigenvalue weighted by Crippen LogP contribution is 2.70. The summed E-state index contributed by atoms with van der Waals surface area (Å²) >= 11 is 0. The van der Waals surface area contributed by atoms with Crippen molar-refractivity contribution in [3.8, 4) is 0 Å². The van der Waals surface area contributed by atoms with Gasteiger partial charge in [0.15, 0.2) is 11.6 Å². The predicted molar refractivity (Wildman–Crippen MR) is 85.8 cm³/mol. The molecule has 0 N–H and O–H groups in total. The van der Waals surface area contributed by atoms with Crippen LogP contribution in [0.3, 0.4) is 0 Å². The maximum atomic E-state index is 12.9. The Morgan fingerprint density at radius 3 is 2.57 bits per heavy atom. The molecule has 0 aromatic heterocycles. The van der Waals surface area contributed by atoms with Gasteiger partial charge >= 0.3 is 0 Å². The number of Topliss-reactive ketones (excluding diaryl/α,β-unsaturated/α-hetero) is 1. The van der Waals surface area contributed by atoms with E-state index in [-0.39, 0.29) is 28.0 Å². The molecule has 1 aliphatic heterocycles. The van der Waals surface area contributed by atoms with Crippen molar-refractivity contribution in [1.82, 2.24) is 0 Å². The van der Waals surface area contributed by atoms with Crippen molar-refractivity contribution >= 4 is 11.6 Å². The Morgan fingerprint density at radius 2 is 1.83 bits per heavy atom. The van der Waals surface area contributed by atoms with Crippen LogP contribution in [-0.4, -0.2) is 23.8 Å². The lowest BCUT2D eigenvalue weighted by Gasteiger charge is -2.57. The van der Waals surface area contributed by atoms with E-state index in [1.165, 1.54) is 25.7 Å². The Hall–Kier alpha value is -0.960. The maximum Gasteiger partial charge on any atom is 0.159 e. The standard InChI is InChI=1S/C20H26O3/c1-18-6-3-12(21)9-16(18)17(22)10-13-14(18)4-7-19(2)15(13)5-8-20(19)11-23-20/h9,13-15H,3-8,10-11H2,1-2H3/t13?,14?,15?,18-,19+,20-/m1/s1. The van der Waals surface area contributed by atoms with Crippen LogP contribution in [0.15, 0.2) is 11.6 Å². The number of carbonyl (C=O) groups excluding carboxylic acids is 2. The van der Waals surface area contributed by atoms with Gasteiger partial charge in [-0.2, -0.15) is 0 Å². The van der Waals surface area contributed by atoms with E-state index in [1.54, 1.807) is 6.08 Å². The summed E-state index contributed by atoms with van der Waals surface area (Å²) in [6, 6.07) is 0. The van der Waals surface area contributed by atoms with Crippen LogP contribution < -0.4 is 0 Å². The number of epoxide rings is 1. The summed E-state index contributed by atoms with van der Waals surface area (Å²) in [5.41, 5.74) is 1.21. The van der Waals surface area contributed by atoms with Gasteiger partial charge in [0, 0.05) is 23.8 Å². The van der Waals surface area contributed by atoms with E-state index in [2.05, 4.69) is 13.8 Å². The molecule has 6 atom stereocenters. The monoisotopic (exact) mass is 314 g/mol. The molecule has 3 unspecified atom stereocenters. The normalized spacial score (nSPS) is 54.3. The van der Waals surface area contributed by atoms with Crippen LogP contribution in [-0.2, 0) is 14.3 Å². The smallest absolute Gasteiger partial charge is 0.159 e. The van der Waals surface area contributed by atoms with Crippen LogP contribution in [0.25, 0.3) is 0 Å². The molecule has 0 aromatic rings. The molecule has 0 radical (unpaired) electrons. The molecule has 0 bridgehead atoms. The second-order valence-corrected chi connectivity index (χ2v) is 9.22.